The van der Waals surface area contributed by atoms with Gasteiger partial charge in [-0.25, -0.2) is 0 Å². The van der Waals surface area contributed by atoms with Gasteiger partial charge in [-0.1, -0.05) is 0 Å². The molecular formula is C7H12O3. The number of hydrogen-bond donors (Lipinski definition) is 1. The van der Waals surface area contributed by atoms with E-state index in [1.165, 1.54) is 0 Å². The summed E-state index contributed by atoms with van der Waals surface area (Å²) in [5, 5.41) is 9.43. The molecule has 0 bridgehead atoms. The first-order valence-electron chi connectivity index (χ1n) is 3.79. The zero-order valence-corrected chi connectivity index (χ0v) is 5.88. The third-order valence-electron chi connectivity index (χ3n) is 2.26. The third kappa shape index (κ3) is 0.779. The van der Waals surface area contributed by atoms with E-state index in [2.05, 4.69) is 0 Å². The Bertz CT molecular complexity index is 123. The molecule has 2 fully saturated rings. The Kier molecular flexibility index (Phi) is 1.44. The van der Waals surface area contributed by atoms with E-state index in [9.17, 15) is 5.11 Å². The summed E-state index contributed by atoms with van der Waals surface area (Å²) in [5.41, 5.74) is 0. The smallest absolute Gasteiger partial charge is 0.194 e. The van der Waals surface area contributed by atoms with E-state index < -0.39 is 11.9 Å². The van der Waals surface area contributed by atoms with Crippen LogP contribution < -0.4 is 0 Å². The lowest BCUT2D eigenvalue weighted by molar-refractivity contribution is -0.218. The van der Waals surface area contributed by atoms with Gasteiger partial charge in [0.25, 0.3) is 0 Å². The summed E-state index contributed by atoms with van der Waals surface area (Å²) in [6.07, 6.45) is 2.19. The molecule has 2 unspecified atom stereocenters. The van der Waals surface area contributed by atoms with Crippen molar-refractivity contribution >= 4 is 0 Å². The number of ether oxygens (including phenoxy) is 2. The van der Waals surface area contributed by atoms with E-state index in [1.54, 1.807) is 0 Å². The van der Waals surface area contributed by atoms with E-state index in [1.807, 2.05) is 0 Å². The molecule has 58 valence electrons. The number of aliphatic hydroxyl groups excluding tert-OH is 1. The van der Waals surface area contributed by atoms with Gasteiger partial charge in [0.2, 0.25) is 0 Å². The second-order valence-corrected chi connectivity index (χ2v) is 2.92. The SMILES string of the molecule is OC1CCOC12CCCO2. The van der Waals surface area contributed by atoms with Crippen LogP contribution in [0, 0.1) is 0 Å². The molecule has 3 nitrogen and oxygen atoms in total. The summed E-state index contributed by atoms with van der Waals surface area (Å²) in [5.74, 6) is -0.597. The molecule has 1 spiro atoms. The highest BCUT2D eigenvalue weighted by molar-refractivity contribution is 4.87. The predicted molar refractivity (Wildman–Crippen MR) is 34.5 cm³/mol. The summed E-state index contributed by atoms with van der Waals surface area (Å²) < 4.78 is 10.7. The van der Waals surface area contributed by atoms with Gasteiger partial charge < -0.3 is 14.6 Å². The van der Waals surface area contributed by atoms with Crippen LogP contribution in [0.3, 0.4) is 0 Å². The van der Waals surface area contributed by atoms with Crippen LogP contribution >= 0.6 is 0 Å². The van der Waals surface area contributed by atoms with Gasteiger partial charge in [0.15, 0.2) is 5.79 Å². The largest absolute Gasteiger partial charge is 0.387 e. The Hall–Kier alpha value is -0.120. The number of hydrogen-bond acceptors (Lipinski definition) is 3. The summed E-state index contributed by atoms with van der Waals surface area (Å²) in [7, 11) is 0. The average Bonchev–Trinajstić information content (AvgIpc) is 2.48. The number of aliphatic hydroxyl groups is 1. The molecule has 0 amide bonds. The van der Waals surface area contributed by atoms with Crippen LogP contribution in [-0.2, 0) is 9.47 Å². The fraction of sp³-hybridized carbons (Fsp3) is 1.00. The molecule has 3 heteroatoms. The van der Waals surface area contributed by atoms with Crippen LogP contribution in [0.25, 0.3) is 0 Å². The average molecular weight is 144 g/mol. The van der Waals surface area contributed by atoms with Crippen molar-refractivity contribution < 1.29 is 14.6 Å². The van der Waals surface area contributed by atoms with Gasteiger partial charge in [0, 0.05) is 12.8 Å². The standard InChI is InChI=1S/C7H12O3/c8-6-2-5-10-7(6)3-1-4-9-7/h6,8H,1-5H2. The molecule has 0 aromatic carbocycles. The second-order valence-electron chi connectivity index (χ2n) is 2.92. The zero-order chi connectivity index (χ0) is 7.03. The maximum absolute atomic E-state index is 9.43. The van der Waals surface area contributed by atoms with Crippen molar-refractivity contribution in [3.05, 3.63) is 0 Å². The molecule has 2 aliphatic rings. The maximum atomic E-state index is 9.43. The van der Waals surface area contributed by atoms with Crippen LogP contribution in [0.5, 0.6) is 0 Å². The van der Waals surface area contributed by atoms with Gasteiger partial charge in [0.05, 0.1) is 13.2 Å². The van der Waals surface area contributed by atoms with E-state index in [4.69, 9.17) is 9.47 Å². The van der Waals surface area contributed by atoms with Crippen molar-refractivity contribution in [3.63, 3.8) is 0 Å². The van der Waals surface area contributed by atoms with Crippen LogP contribution in [0.2, 0.25) is 0 Å². The minimum absolute atomic E-state index is 0.394. The van der Waals surface area contributed by atoms with Crippen LogP contribution in [0.1, 0.15) is 19.3 Å². The van der Waals surface area contributed by atoms with Crippen LogP contribution in [0.15, 0.2) is 0 Å². The first-order chi connectivity index (χ1) is 4.83. The lowest BCUT2D eigenvalue weighted by atomic mass is 10.1. The summed E-state index contributed by atoms with van der Waals surface area (Å²) in [6.45, 7) is 1.37. The van der Waals surface area contributed by atoms with Gasteiger partial charge in [0.1, 0.15) is 6.10 Å². The Labute approximate surface area is 59.9 Å². The fourth-order valence-corrected chi connectivity index (χ4v) is 1.67. The molecular weight excluding hydrogens is 132 g/mol. The zero-order valence-electron chi connectivity index (χ0n) is 5.88. The summed E-state index contributed by atoms with van der Waals surface area (Å²) >= 11 is 0. The lowest BCUT2D eigenvalue weighted by Gasteiger charge is -2.24. The number of rotatable bonds is 0. The van der Waals surface area contributed by atoms with E-state index in [0.717, 1.165) is 25.9 Å². The lowest BCUT2D eigenvalue weighted by Crippen LogP contribution is -2.37. The molecule has 0 saturated carbocycles. The monoisotopic (exact) mass is 144 g/mol. The fourth-order valence-electron chi connectivity index (χ4n) is 1.67. The quantitative estimate of drug-likeness (QED) is 0.530. The normalized spacial score (nSPS) is 47.1. The van der Waals surface area contributed by atoms with Crippen molar-refractivity contribution in [1.82, 2.24) is 0 Å². The summed E-state index contributed by atoms with van der Waals surface area (Å²) in [4.78, 5) is 0. The van der Waals surface area contributed by atoms with E-state index in [-0.39, 0.29) is 0 Å². The molecule has 10 heavy (non-hydrogen) atoms. The first-order valence-corrected chi connectivity index (χ1v) is 3.79. The van der Waals surface area contributed by atoms with Gasteiger partial charge in [-0.15, -0.1) is 0 Å². The Morgan fingerprint density at radius 1 is 1.30 bits per heavy atom. The van der Waals surface area contributed by atoms with Crippen molar-refractivity contribution in [1.29, 1.82) is 0 Å². The maximum Gasteiger partial charge on any atom is 0.194 e. The Balaban J connectivity index is 2.11. The van der Waals surface area contributed by atoms with Crippen molar-refractivity contribution in [3.8, 4) is 0 Å². The van der Waals surface area contributed by atoms with Crippen molar-refractivity contribution in [2.75, 3.05) is 13.2 Å². The van der Waals surface area contributed by atoms with Gasteiger partial charge in [-0.2, -0.15) is 0 Å². The van der Waals surface area contributed by atoms with Crippen LogP contribution in [0.4, 0.5) is 0 Å². The first kappa shape index (κ1) is 6.58. The van der Waals surface area contributed by atoms with Crippen LogP contribution in [-0.4, -0.2) is 30.2 Å². The van der Waals surface area contributed by atoms with Crippen molar-refractivity contribution in [2.45, 2.75) is 31.2 Å². The molecule has 2 atom stereocenters. The third-order valence-corrected chi connectivity index (χ3v) is 2.26. The highest BCUT2D eigenvalue weighted by atomic mass is 16.7. The topological polar surface area (TPSA) is 38.7 Å². The molecule has 1 N–H and O–H groups in total. The molecule has 0 aromatic rings. The van der Waals surface area contributed by atoms with E-state index in [0.29, 0.717) is 6.61 Å². The molecule has 0 radical (unpaired) electrons. The van der Waals surface area contributed by atoms with E-state index >= 15 is 0 Å². The highest BCUT2D eigenvalue weighted by Gasteiger charge is 2.46. The highest BCUT2D eigenvalue weighted by Crippen LogP contribution is 2.36. The molecule has 0 aromatic heterocycles. The van der Waals surface area contributed by atoms with Gasteiger partial charge in [-0.05, 0) is 6.42 Å². The van der Waals surface area contributed by atoms with Gasteiger partial charge >= 0.3 is 0 Å². The predicted octanol–water partition coefficient (Wildman–Crippen LogP) is 0.274. The minimum Gasteiger partial charge on any atom is -0.387 e. The molecule has 0 aliphatic carbocycles. The molecule has 2 rings (SSSR count). The Morgan fingerprint density at radius 2 is 2.10 bits per heavy atom. The van der Waals surface area contributed by atoms with Crippen molar-refractivity contribution in [2.24, 2.45) is 0 Å². The Morgan fingerprint density at radius 3 is 2.60 bits per heavy atom. The molecule has 2 heterocycles. The molecule has 2 aliphatic heterocycles. The molecule has 2 saturated heterocycles. The minimum atomic E-state index is -0.597. The second kappa shape index (κ2) is 2.19. The summed E-state index contributed by atoms with van der Waals surface area (Å²) in [6, 6.07) is 0. The van der Waals surface area contributed by atoms with Gasteiger partial charge in [-0.3, -0.25) is 0 Å².